The van der Waals surface area contributed by atoms with Gasteiger partial charge in [0.2, 0.25) is 15.9 Å². The highest BCUT2D eigenvalue weighted by atomic mass is 35.5. The molecule has 0 bridgehead atoms. The summed E-state index contributed by atoms with van der Waals surface area (Å²) in [7, 11) is -3.75. The number of amides is 1. The van der Waals surface area contributed by atoms with Crippen molar-refractivity contribution in [2.24, 2.45) is 5.14 Å². The maximum absolute atomic E-state index is 13.1. The number of ether oxygens (including phenoxy) is 1. The van der Waals surface area contributed by atoms with Crippen LogP contribution in [0.15, 0.2) is 34.5 Å². The maximum atomic E-state index is 13.1. The largest absolute Gasteiger partial charge is 0.381 e. The van der Waals surface area contributed by atoms with Crippen LogP contribution >= 0.6 is 34.5 Å². The van der Waals surface area contributed by atoms with Crippen molar-refractivity contribution in [3.8, 4) is 0 Å². The number of primary sulfonamides is 1. The Hall–Kier alpha value is -1.16. The van der Waals surface area contributed by atoms with Gasteiger partial charge in [0.25, 0.3) is 0 Å². The van der Waals surface area contributed by atoms with Gasteiger partial charge >= 0.3 is 0 Å². The molecule has 0 saturated carbocycles. The molecular formula is C17H18Cl2N2O4S2. The van der Waals surface area contributed by atoms with Crippen molar-refractivity contribution in [1.29, 1.82) is 0 Å². The van der Waals surface area contributed by atoms with Crippen LogP contribution in [0.25, 0.3) is 0 Å². The third-order valence-corrected chi connectivity index (χ3v) is 7.64. The number of benzene rings is 1. The van der Waals surface area contributed by atoms with E-state index in [0.29, 0.717) is 46.5 Å². The molecule has 1 aliphatic rings. The summed E-state index contributed by atoms with van der Waals surface area (Å²) in [4.78, 5) is 13.8. The number of carbonyl (C=O) groups excluding carboxylic acids is 1. The average molecular weight is 449 g/mol. The molecular weight excluding hydrogens is 431 g/mol. The third-order valence-electron chi connectivity index (χ3n) is 4.57. The lowest BCUT2D eigenvalue weighted by Gasteiger charge is -2.36. The normalized spacial score (nSPS) is 16.9. The fourth-order valence-corrected chi connectivity index (χ4v) is 5.47. The second-order valence-corrected chi connectivity index (χ2v) is 10.1. The molecule has 2 aromatic rings. The van der Waals surface area contributed by atoms with Crippen molar-refractivity contribution in [2.75, 3.05) is 13.2 Å². The quantitative estimate of drug-likeness (QED) is 0.733. The summed E-state index contributed by atoms with van der Waals surface area (Å²) in [6.07, 6.45) is 0.986. The molecule has 1 saturated heterocycles. The number of halogens is 2. The predicted octanol–water partition coefficient (Wildman–Crippen LogP) is 3.07. The molecule has 3 rings (SSSR count). The Bertz CT molecular complexity index is 954. The Labute approximate surface area is 171 Å². The van der Waals surface area contributed by atoms with Crippen molar-refractivity contribution in [3.63, 3.8) is 0 Å². The maximum Gasteiger partial charge on any atom is 0.247 e. The molecule has 6 nitrogen and oxygen atoms in total. The molecule has 1 amide bonds. The lowest BCUT2D eigenvalue weighted by atomic mass is 9.73. The number of nitrogens with two attached hydrogens (primary N) is 1. The zero-order valence-corrected chi connectivity index (χ0v) is 17.3. The van der Waals surface area contributed by atoms with Gasteiger partial charge in [-0.25, -0.2) is 13.6 Å². The van der Waals surface area contributed by atoms with E-state index >= 15 is 0 Å². The van der Waals surface area contributed by atoms with Gasteiger partial charge in [0.05, 0.1) is 12.0 Å². The molecule has 146 valence electrons. The molecule has 1 aromatic heterocycles. The molecule has 1 fully saturated rings. The molecule has 1 aliphatic heterocycles. The number of carbonyl (C=O) groups is 1. The monoisotopic (exact) mass is 448 g/mol. The minimum absolute atomic E-state index is 0.0632. The fourth-order valence-electron chi connectivity index (χ4n) is 3.16. The average Bonchev–Trinajstić information content (AvgIpc) is 3.09. The summed E-state index contributed by atoms with van der Waals surface area (Å²) < 4.78 is 28.3. The van der Waals surface area contributed by atoms with E-state index in [4.69, 9.17) is 33.1 Å². The van der Waals surface area contributed by atoms with Crippen LogP contribution in [0.2, 0.25) is 10.0 Å². The van der Waals surface area contributed by atoms with Crippen molar-refractivity contribution in [2.45, 2.75) is 29.0 Å². The summed E-state index contributed by atoms with van der Waals surface area (Å²) in [6.45, 7) is 1.09. The highest BCUT2D eigenvalue weighted by molar-refractivity contribution is 7.91. The summed E-state index contributed by atoms with van der Waals surface area (Å²) in [5.74, 6) is -0.180. The molecule has 0 radical (unpaired) electrons. The first-order valence-electron chi connectivity index (χ1n) is 8.15. The van der Waals surface area contributed by atoms with E-state index in [1.54, 1.807) is 24.3 Å². The van der Waals surface area contributed by atoms with Gasteiger partial charge in [-0.3, -0.25) is 4.79 Å². The molecule has 2 heterocycles. The van der Waals surface area contributed by atoms with Gasteiger partial charge in [-0.05, 0) is 42.7 Å². The van der Waals surface area contributed by atoms with Crippen LogP contribution in [0.1, 0.15) is 23.3 Å². The Balaban J connectivity index is 1.83. The van der Waals surface area contributed by atoms with Crippen LogP contribution in [-0.4, -0.2) is 27.5 Å². The van der Waals surface area contributed by atoms with Crippen LogP contribution in [0.4, 0.5) is 0 Å². The number of rotatable bonds is 5. The van der Waals surface area contributed by atoms with E-state index in [1.807, 2.05) is 0 Å². The van der Waals surface area contributed by atoms with E-state index in [9.17, 15) is 13.2 Å². The Morgan fingerprint density at radius 3 is 2.52 bits per heavy atom. The zero-order valence-electron chi connectivity index (χ0n) is 14.2. The Kier molecular flexibility index (Phi) is 6.14. The van der Waals surface area contributed by atoms with Crippen molar-refractivity contribution < 1.29 is 17.9 Å². The standard InChI is InChI=1S/C17H18Cl2N2O4S2/c18-11-1-3-13(14(19)9-11)17(5-7-25-8-6-17)16(22)21-10-12-2-4-15(26-12)27(20,23)24/h1-4,9H,5-8,10H2,(H,21,22)(H2,20,23,24). The molecule has 0 spiro atoms. The first-order chi connectivity index (χ1) is 12.7. The van der Waals surface area contributed by atoms with Gasteiger partial charge < -0.3 is 10.1 Å². The SMILES string of the molecule is NS(=O)(=O)c1ccc(CNC(=O)C2(c3ccc(Cl)cc3Cl)CCOCC2)s1. The highest BCUT2D eigenvalue weighted by Gasteiger charge is 2.43. The van der Waals surface area contributed by atoms with E-state index in [-0.39, 0.29) is 16.7 Å². The zero-order chi connectivity index (χ0) is 19.7. The minimum atomic E-state index is -3.75. The summed E-state index contributed by atoms with van der Waals surface area (Å²) in [6, 6.07) is 8.18. The molecule has 1 aromatic carbocycles. The van der Waals surface area contributed by atoms with E-state index in [2.05, 4.69) is 5.32 Å². The van der Waals surface area contributed by atoms with Gasteiger partial charge in [-0.15, -0.1) is 11.3 Å². The number of nitrogens with one attached hydrogen (secondary N) is 1. The number of thiophene rings is 1. The van der Waals surface area contributed by atoms with Gasteiger partial charge in [-0.1, -0.05) is 29.3 Å². The predicted molar refractivity (Wildman–Crippen MR) is 106 cm³/mol. The topological polar surface area (TPSA) is 98.5 Å². The second kappa shape index (κ2) is 8.06. The van der Waals surface area contributed by atoms with Crippen molar-refractivity contribution in [3.05, 3.63) is 50.8 Å². The first-order valence-corrected chi connectivity index (χ1v) is 11.3. The fraction of sp³-hybridized carbons (Fsp3) is 0.353. The van der Waals surface area contributed by atoms with E-state index < -0.39 is 15.4 Å². The summed E-state index contributed by atoms with van der Waals surface area (Å²) in [5, 5.41) is 8.97. The smallest absolute Gasteiger partial charge is 0.247 e. The molecule has 0 aliphatic carbocycles. The van der Waals surface area contributed by atoms with Crippen molar-refractivity contribution in [1.82, 2.24) is 5.32 Å². The third kappa shape index (κ3) is 4.47. The van der Waals surface area contributed by atoms with E-state index in [1.165, 1.54) is 6.07 Å². The molecule has 0 atom stereocenters. The number of hydrogen-bond donors (Lipinski definition) is 2. The molecule has 10 heteroatoms. The summed E-state index contributed by atoms with van der Waals surface area (Å²) in [5.41, 5.74) is -0.106. The van der Waals surface area contributed by atoms with Gasteiger partial charge in [0.1, 0.15) is 4.21 Å². The van der Waals surface area contributed by atoms with Crippen LogP contribution in [-0.2, 0) is 31.5 Å². The minimum Gasteiger partial charge on any atom is -0.381 e. The second-order valence-electron chi connectivity index (χ2n) is 6.27. The number of sulfonamides is 1. The highest BCUT2D eigenvalue weighted by Crippen LogP contribution is 2.40. The van der Waals surface area contributed by atoms with Crippen LogP contribution in [0.5, 0.6) is 0 Å². The molecule has 3 N–H and O–H groups in total. The Morgan fingerprint density at radius 1 is 1.22 bits per heavy atom. The number of hydrogen-bond acceptors (Lipinski definition) is 5. The van der Waals surface area contributed by atoms with Crippen LogP contribution < -0.4 is 10.5 Å². The lowest BCUT2D eigenvalue weighted by Crippen LogP contribution is -2.48. The Morgan fingerprint density at radius 2 is 1.93 bits per heavy atom. The van der Waals surface area contributed by atoms with Crippen LogP contribution in [0.3, 0.4) is 0 Å². The van der Waals surface area contributed by atoms with Crippen LogP contribution in [0, 0.1) is 0 Å². The van der Waals surface area contributed by atoms with Gasteiger partial charge in [0, 0.05) is 28.1 Å². The first kappa shape index (κ1) is 20.6. The van der Waals surface area contributed by atoms with Gasteiger partial charge in [0.15, 0.2) is 0 Å². The lowest BCUT2D eigenvalue weighted by molar-refractivity contribution is -0.130. The summed E-state index contributed by atoms with van der Waals surface area (Å²) >= 11 is 13.4. The van der Waals surface area contributed by atoms with Gasteiger partial charge in [-0.2, -0.15) is 0 Å². The molecule has 0 unspecified atom stereocenters. The van der Waals surface area contributed by atoms with Crippen molar-refractivity contribution >= 4 is 50.5 Å². The molecule has 27 heavy (non-hydrogen) atoms. The van der Waals surface area contributed by atoms with E-state index in [0.717, 1.165) is 11.3 Å².